The number of hydrogen-bond donors (Lipinski definition) is 2. The normalized spacial score (nSPS) is 10.9. The number of carbonyl (C=O) groups is 1. The van der Waals surface area contributed by atoms with E-state index in [-0.39, 0.29) is 12.5 Å². The van der Waals surface area contributed by atoms with E-state index >= 15 is 0 Å². The van der Waals surface area contributed by atoms with E-state index in [9.17, 15) is 4.79 Å². The molecular formula is C21H21N5O3. The molecule has 0 aliphatic heterocycles. The molecule has 0 spiro atoms. The van der Waals surface area contributed by atoms with Crippen LogP contribution in [0.5, 0.6) is 11.5 Å². The van der Waals surface area contributed by atoms with Gasteiger partial charge in [-0.05, 0) is 36.4 Å². The molecule has 2 aromatic heterocycles. The molecule has 8 nitrogen and oxygen atoms in total. The van der Waals surface area contributed by atoms with Crippen molar-refractivity contribution in [3.63, 3.8) is 0 Å². The molecule has 0 saturated heterocycles. The fourth-order valence-corrected chi connectivity index (χ4v) is 3.17. The second kappa shape index (κ2) is 7.67. The van der Waals surface area contributed by atoms with Gasteiger partial charge in [0.05, 0.1) is 37.5 Å². The van der Waals surface area contributed by atoms with Crippen LogP contribution < -0.4 is 14.8 Å². The van der Waals surface area contributed by atoms with Gasteiger partial charge in [-0.3, -0.25) is 9.48 Å². The van der Waals surface area contributed by atoms with Crippen molar-refractivity contribution in [2.45, 2.75) is 6.54 Å². The molecule has 4 aromatic rings. The summed E-state index contributed by atoms with van der Waals surface area (Å²) < 4.78 is 12.3. The minimum atomic E-state index is -0.242. The summed E-state index contributed by atoms with van der Waals surface area (Å²) in [5, 5.41) is 7.36. The number of aromatic nitrogens is 4. The predicted molar refractivity (Wildman–Crippen MR) is 109 cm³/mol. The Hall–Kier alpha value is -3.81. The first kappa shape index (κ1) is 18.5. The van der Waals surface area contributed by atoms with Crippen molar-refractivity contribution in [3.05, 3.63) is 60.0 Å². The van der Waals surface area contributed by atoms with Gasteiger partial charge in [0, 0.05) is 12.6 Å². The molecule has 0 saturated carbocycles. The smallest absolute Gasteiger partial charge is 0.269 e. The Kier molecular flexibility index (Phi) is 4.90. The molecule has 8 heteroatoms. The molecule has 29 heavy (non-hydrogen) atoms. The number of methoxy groups -OCH3 is 2. The summed E-state index contributed by atoms with van der Waals surface area (Å²) in [6.07, 6.45) is 0. The molecule has 2 heterocycles. The van der Waals surface area contributed by atoms with Gasteiger partial charge in [0.1, 0.15) is 23.0 Å². The number of benzene rings is 2. The Bertz CT molecular complexity index is 1150. The number of fused-ring (bicyclic) bond motifs is 1. The Balaban J connectivity index is 1.55. The number of ether oxygens (including phenoxy) is 2. The zero-order chi connectivity index (χ0) is 20.4. The van der Waals surface area contributed by atoms with Crippen molar-refractivity contribution in [1.82, 2.24) is 25.1 Å². The van der Waals surface area contributed by atoms with Gasteiger partial charge in [0.2, 0.25) is 0 Å². The van der Waals surface area contributed by atoms with Crippen LogP contribution in [0.4, 0.5) is 0 Å². The molecule has 0 bridgehead atoms. The van der Waals surface area contributed by atoms with Gasteiger partial charge in [0.15, 0.2) is 0 Å². The zero-order valence-corrected chi connectivity index (χ0v) is 16.4. The molecule has 0 aliphatic rings. The number of hydrogen-bond acceptors (Lipinski definition) is 5. The number of aromatic amines is 1. The zero-order valence-electron chi connectivity index (χ0n) is 16.4. The minimum Gasteiger partial charge on any atom is -0.497 e. The van der Waals surface area contributed by atoms with Gasteiger partial charge in [-0.1, -0.05) is 12.1 Å². The minimum absolute atomic E-state index is 0.242. The van der Waals surface area contributed by atoms with Crippen LogP contribution in [0.2, 0.25) is 0 Å². The van der Waals surface area contributed by atoms with E-state index in [0.717, 1.165) is 16.6 Å². The maximum Gasteiger partial charge on any atom is 0.269 e. The molecule has 0 aliphatic carbocycles. The highest BCUT2D eigenvalue weighted by molar-refractivity contribution is 5.94. The molecule has 0 fully saturated rings. The number of H-pyrrole nitrogens is 1. The van der Waals surface area contributed by atoms with Crippen LogP contribution in [-0.4, -0.2) is 39.9 Å². The third-order valence-electron chi connectivity index (χ3n) is 4.65. The van der Waals surface area contributed by atoms with Crippen LogP contribution in [0.3, 0.4) is 0 Å². The number of para-hydroxylation sites is 2. The summed E-state index contributed by atoms with van der Waals surface area (Å²) in [6.45, 7) is 0.288. The fourth-order valence-electron chi connectivity index (χ4n) is 3.17. The van der Waals surface area contributed by atoms with Gasteiger partial charge < -0.3 is 19.8 Å². The summed E-state index contributed by atoms with van der Waals surface area (Å²) in [5.41, 5.74) is 3.60. The van der Waals surface area contributed by atoms with Crippen LogP contribution in [0, 0.1) is 0 Å². The maximum absolute atomic E-state index is 12.7. The fraction of sp³-hybridized carbons (Fsp3) is 0.190. The lowest BCUT2D eigenvalue weighted by Crippen LogP contribution is -2.25. The first-order chi connectivity index (χ1) is 14.1. The largest absolute Gasteiger partial charge is 0.497 e. The van der Waals surface area contributed by atoms with Crippen molar-refractivity contribution in [3.8, 4) is 22.8 Å². The molecule has 4 rings (SSSR count). The highest BCUT2D eigenvalue weighted by Gasteiger charge is 2.17. The predicted octanol–water partition coefficient (Wildman–Crippen LogP) is 2.91. The van der Waals surface area contributed by atoms with E-state index in [4.69, 9.17) is 9.47 Å². The lowest BCUT2D eigenvalue weighted by atomic mass is 10.1. The van der Waals surface area contributed by atoms with E-state index in [1.807, 2.05) is 42.5 Å². The van der Waals surface area contributed by atoms with Crippen molar-refractivity contribution in [2.75, 3.05) is 14.2 Å². The molecule has 1 amide bonds. The number of rotatable bonds is 6. The van der Waals surface area contributed by atoms with Crippen molar-refractivity contribution in [2.24, 2.45) is 7.05 Å². The standard InChI is InChI=1S/C21H21N5O3/c1-26-18(11-17(25-26)14-10-13(28-2)8-9-19(14)29-3)21(27)22-12-20-23-15-6-4-5-7-16(15)24-20/h4-11H,12H2,1-3H3,(H,22,27)(H,23,24). The topological polar surface area (TPSA) is 94.1 Å². The highest BCUT2D eigenvalue weighted by Crippen LogP contribution is 2.32. The summed E-state index contributed by atoms with van der Waals surface area (Å²) in [7, 11) is 4.92. The first-order valence-corrected chi connectivity index (χ1v) is 9.07. The molecule has 0 radical (unpaired) electrons. The molecule has 0 atom stereocenters. The second-order valence-corrected chi connectivity index (χ2v) is 6.49. The summed E-state index contributed by atoms with van der Waals surface area (Å²) in [5.74, 6) is 1.78. The van der Waals surface area contributed by atoms with Crippen molar-refractivity contribution >= 4 is 16.9 Å². The number of aryl methyl sites for hydroxylation is 1. The summed E-state index contributed by atoms with van der Waals surface area (Å²) in [6, 6.07) is 14.9. The first-order valence-electron chi connectivity index (χ1n) is 9.07. The third kappa shape index (κ3) is 3.64. The Morgan fingerprint density at radius 3 is 2.72 bits per heavy atom. The van der Waals surface area contributed by atoms with E-state index in [2.05, 4.69) is 20.4 Å². The highest BCUT2D eigenvalue weighted by atomic mass is 16.5. The van der Waals surface area contributed by atoms with Gasteiger partial charge in [-0.15, -0.1) is 0 Å². The van der Waals surface area contributed by atoms with Crippen LogP contribution in [0.15, 0.2) is 48.5 Å². The SMILES string of the molecule is COc1ccc(OC)c(-c2cc(C(=O)NCc3nc4ccccc4[nH]3)n(C)n2)c1. The van der Waals surface area contributed by atoms with E-state index in [0.29, 0.717) is 28.7 Å². The number of nitrogens with zero attached hydrogens (tertiary/aromatic N) is 3. The Morgan fingerprint density at radius 2 is 1.97 bits per heavy atom. The number of amides is 1. The van der Waals surface area contributed by atoms with Gasteiger partial charge >= 0.3 is 0 Å². The molecule has 2 N–H and O–H groups in total. The molecule has 148 valence electrons. The van der Waals surface area contributed by atoms with E-state index in [1.54, 1.807) is 32.0 Å². The lowest BCUT2D eigenvalue weighted by molar-refractivity contribution is 0.0940. The van der Waals surface area contributed by atoms with Crippen LogP contribution in [0.1, 0.15) is 16.3 Å². The van der Waals surface area contributed by atoms with Crippen LogP contribution in [0.25, 0.3) is 22.3 Å². The molecular weight excluding hydrogens is 370 g/mol. The van der Waals surface area contributed by atoms with Gasteiger partial charge in [-0.2, -0.15) is 5.10 Å². The van der Waals surface area contributed by atoms with Crippen molar-refractivity contribution < 1.29 is 14.3 Å². The van der Waals surface area contributed by atoms with Crippen molar-refractivity contribution in [1.29, 1.82) is 0 Å². The number of imidazole rings is 1. The molecule has 2 aromatic carbocycles. The van der Waals surface area contributed by atoms with E-state index < -0.39 is 0 Å². The van der Waals surface area contributed by atoms with Crippen LogP contribution >= 0.6 is 0 Å². The number of nitrogens with one attached hydrogen (secondary N) is 2. The van der Waals surface area contributed by atoms with Gasteiger partial charge in [-0.25, -0.2) is 4.98 Å². The number of carbonyl (C=O) groups excluding carboxylic acids is 1. The average molecular weight is 391 g/mol. The lowest BCUT2D eigenvalue weighted by Gasteiger charge is -2.08. The quantitative estimate of drug-likeness (QED) is 0.527. The van der Waals surface area contributed by atoms with Gasteiger partial charge in [0.25, 0.3) is 5.91 Å². The summed E-state index contributed by atoms with van der Waals surface area (Å²) in [4.78, 5) is 20.4. The maximum atomic E-state index is 12.7. The average Bonchev–Trinajstić information content (AvgIpc) is 3.34. The third-order valence-corrected chi connectivity index (χ3v) is 4.65. The Labute approximate surface area is 167 Å². The Morgan fingerprint density at radius 1 is 1.14 bits per heavy atom. The van der Waals surface area contributed by atoms with Crippen LogP contribution in [-0.2, 0) is 13.6 Å². The van der Waals surface area contributed by atoms with E-state index in [1.165, 1.54) is 0 Å². The second-order valence-electron chi connectivity index (χ2n) is 6.49. The monoisotopic (exact) mass is 391 g/mol. The molecule has 0 unspecified atom stereocenters. The summed E-state index contributed by atoms with van der Waals surface area (Å²) >= 11 is 0.